The van der Waals surface area contributed by atoms with Crippen LogP contribution in [0, 0.1) is 0 Å². The lowest BCUT2D eigenvalue weighted by atomic mass is 9.89. The molecule has 22 heavy (non-hydrogen) atoms. The molecule has 1 aliphatic heterocycles. The van der Waals surface area contributed by atoms with Gasteiger partial charge in [-0.1, -0.05) is 31.0 Å². The zero-order valence-electron chi connectivity index (χ0n) is 13.7. The Kier molecular flexibility index (Phi) is 5.83. The number of hydrogen-bond donors (Lipinski definition) is 2. The number of benzene rings is 1. The van der Waals surface area contributed by atoms with Gasteiger partial charge in [0.25, 0.3) is 0 Å². The summed E-state index contributed by atoms with van der Waals surface area (Å²) < 4.78 is 5.99. The van der Waals surface area contributed by atoms with Gasteiger partial charge in [-0.3, -0.25) is 4.79 Å². The van der Waals surface area contributed by atoms with Crippen LogP contribution in [0.15, 0.2) is 24.3 Å². The Morgan fingerprint density at radius 2 is 2.00 bits per heavy atom. The lowest BCUT2D eigenvalue weighted by Crippen LogP contribution is -2.41. The SMILES string of the molecule is CC1(C)CC(NC(=O)CCCCCCN)c2ccccc2O1. The van der Waals surface area contributed by atoms with Gasteiger partial charge in [0.05, 0.1) is 6.04 Å². The van der Waals surface area contributed by atoms with Crippen molar-refractivity contribution in [1.82, 2.24) is 5.32 Å². The van der Waals surface area contributed by atoms with Gasteiger partial charge in [0, 0.05) is 18.4 Å². The highest BCUT2D eigenvalue weighted by atomic mass is 16.5. The summed E-state index contributed by atoms with van der Waals surface area (Å²) in [5.74, 6) is 1.01. The summed E-state index contributed by atoms with van der Waals surface area (Å²) in [6.07, 6.45) is 5.54. The summed E-state index contributed by atoms with van der Waals surface area (Å²) in [5, 5.41) is 3.18. The molecule has 1 amide bonds. The van der Waals surface area contributed by atoms with Crippen LogP contribution < -0.4 is 15.8 Å². The summed E-state index contributed by atoms with van der Waals surface area (Å²) >= 11 is 0. The van der Waals surface area contributed by atoms with Crippen LogP contribution in [0.25, 0.3) is 0 Å². The van der Waals surface area contributed by atoms with Crippen molar-refractivity contribution in [3.63, 3.8) is 0 Å². The molecule has 1 aromatic rings. The van der Waals surface area contributed by atoms with Crippen molar-refractivity contribution in [2.45, 2.75) is 64.0 Å². The molecule has 1 unspecified atom stereocenters. The molecule has 1 aromatic carbocycles. The molecule has 0 aliphatic carbocycles. The Hall–Kier alpha value is -1.55. The van der Waals surface area contributed by atoms with Gasteiger partial charge in [-0.15, -0.1) is 0 Å². The molecule has 1 heterocycles. The molecule has 0 aromatic heterocycles. The number of hydrogen-bond acceptors (Lipinski definition) is 3. The topological polar surface area (TPSA) is 64.4 Å². The Bertz CT molecular complexity index is 500. The summed E-state index contributed by atoms with van der Waals surface area (Å²) in [4.78, 5) is 12.2. The molecule has 1 atom stereocenters. The largest absolute Gasteiger partial charge is 0.487 e. The molecule has 0 saturated heterocycles. The molecular formula is C18H28N2O2. The molecule has 1 aliphatic rings. The first-order chi connectivity index (χ1) is 10.5. The lowest BCUT2D eigenvalue weighted by Gasteiger charge is -2.37. The summed E-state index contributed by atoms with van der Waals surface area (Å²) in [5.41, 5.74) is 6.30. The van der Waals surface area contributed by atoms with E-state index in [0.717, 1.165) is 50.0 Å². The van der Waals surface area contributed by atoms with Gasteiger partial charge in [-0.25, -0.2) is 0 Å². The first-order valence-corrected chi connectivity index (χ1v) is 8.29. The second-order valence-corrected chi connectivity index (χ2v) is 6.68. The Morgan fingerprint density at radius 1 is 1.27 bits per heavy atom. The van der Waals surface area contributed by atoms with Crippen LogP contribution in [0.5, 0.6) is 5.75 Å². The number of amides is 1. The van der Waals surface area contributed by atoms with Crippen LogP contribution in [0.2, 0.25) is 0 Å². The van der Waals surface area contributed by atoms with Crippen molar-refractivity contribution in [3.05, 3.63) is 29.8 Å². The highest BCUT2D eigenvalue weighted by Crippen LogP contribution is 2.39. The van der Waals surface area contributed by atoms with E-state index in [1.165, 1.54) is 0 Å². The highest BCUT2D eigenvalue weighted by molar-refractivity contribution is 5.76. The number of unbranched alkanes of at least 4 members (excludes halogenated alkanes) is 3. The highest BCUT2D eigenvalue weighted by Gasteiger charge is 2.34. The molecule has 0 spiro atoms. The number of nitrogens with two attached hydrogens (primary N) is 1. The molecule has 0 fully saturated rings. The minimum Gasteiger partial charge on any atom is -0.487 e. The minimum atomic E-state index is -0.257. The van der Waals surface area contributed by atoms with Crippen LogP contribution in [0.4, 0.5) is 0 Å². The molecule has 4 nitrogen and oxygen atoms in total. The molecule has 2 rings (SSSR count). The smallest absolute Gasteiger partial charge is 0.220 e. The van der Waals surface area contributed by atoms with Gasteiger partial charge in [0.1, 0.15) is 11.4 Å². The number of fused-ring (bicyclic) bond motifs is 1. The summed E-state index contributed by atoms with van der Waals surface area (Å²) in [6, 6.07) is 8.01. The van der Waals surface area contributed by atoms with Crippen molar-refractivity contribution in [2.75, 3.05) is 6.54 Å². The maximum absolute atomic E-state index is 12.2. The van der Waals surface area contributed by atoms with Gasteiger partial charge < -0.3 is 15.8 Å². The molecule has 0 saturated carbocycles. The van der Waals surface area contributed by atoms with Crippen molar-refractivity contribution in [1.29, 1.82) is 0 Å². The van der Waals surface area contributed by atoms with Crippen molar-refractivity contribution in [2.24, 2.45) is 5.73 Å². The predicted molar refractivity (Wildman–Crippen MR) is 88.8 cm³/mol. The third kappa shape index (κ3) is 4.73. The zero-order chi connectivity index (χ0) is 16.0. The van der Waals surface area contributed by atoms with Crippen molar-refractivity contribution in [3.8, 4) is 5.75 Å². The number of carbonyl (C=O) groups excluding carboxylic acids is 1. The van der Waals surface area contributed by atoms with Crippen LogP contribution in [-0.4, -0.2) is 18.1 Å². The van der Waals surface area contributed by atoms with E-state index in [1.54, 1.807) is 0 Å². The summed E-state index contributed by atoms with van der Waals surface area (Å²) in [6.45, 7) is 4.87. The molecule has 0 bridgehead atoms. The Labute approximate surface area is 133 Å². The van der Waals surface area contributed by atoms with E-state index in [0.29, 0.717) is 6.42 Å². The first kappa shape index (κ1) is 16.8. The molecule has 0 radical (unpaired) electrons. The normalized spacial score (nSPS) is 19.1. The average Bonchev–Trinajstić information content (AvgIpc) is 2.46. The summed E-state index contributed by atoms with van der Waals surface area (Å²) in [7, 11) is 0. The zero-order valence-corrected chi connectivity index (χ0v) is 13.7. The number of carbonyl (C=O) groups is 1. The van der Waals surface area contributed by atoms with E-state index in [9.17, 15) is 4.79 Å². The quantitative estimate of drug-likeness (QED) is 0.760. The van der Waals surface area contributed by atoms with Crippen LogP contribution in [0.3, 0.4) is 0 Å². The van der Waals surface area contributed by atoms with Gasteiger partial charge >= 0.3 is 0 Å². The average molecular weight is 304 g/mol. The van der Waals surface area contributed by atoms with E-state index >= 15 is 0 Å². The molecule has 4 heteroatoms. The Morgan fingerprint density at radius 3 is 2.77 bits per heavy atom. The van der Waals surface area contributed by atoms with Crippen LogP contribution >= 0.6 is 0 Å². The van der Waals surface area contributed by atoms with E-state index in [1.807, 2.05) is 24.3 Å². The van der Waals surface area contributed by atoms with Gasteiger partial charge in [0.2, 0.25) is 5.91 Å². The predicted octanol–water partition coefficient (Wildman–Crippen LogP) is 3.31. The fourth-order valence-electron chi connectivity index (χ4n) is 2.98. The van der Waals surface area contributed by atoms with E-state index in [2.05, 4.69) is 19.2 Å². The Balaban J connectivity index is 1.90. The number of nitrogens with one attached hydrogen (secondary N) is 1. The number of ether oxygens (including phenoxy) is 1. The van der Waals surface area contributed by atoms with E-state index in [-0.39, 0.29) is 17.6 Å². The van der Waals surface area contributed by atoms with Gasteiger partial charge in [-0.05, 0) is 39.3 Å². The van der Waals surface area contributed by atoms with Gasteiger partial charge in [0.15, 0.2) is 0 Å². The molecule has 122 valence electrons. The van der Waals surface area contributed by atoms with Crippen LogP contribution in [0.1, 0.15) is 64.0 Å². The maximum Gasteiger partial charge on any atom is 0.220 e. The molecular weight excluding hydrogens is 276 g/mol. The second kappa shape index (κ2) is 7.63. The van der Waals surface area contributed by atoms with Gasteiger partial charge in [-0.2, -0.15) is 0 Å². The van der Waals surface area contributed by atoms with E-state index in [4.69, 9.17) is 10.5 Å². The third-order valence-corrected chi connectivity index (χ3v) is 4.07. The maximum atomic E-state index is 12.2. The number of para-hydroxylation sites is 1. The fraction of sp³-hybridized carbons (Fsp3) is 0.611. The van der Waals surface area contributed by atoms with E-state index < -0.39 is 0 Å². The molecule has 3 N–H and O–H groups in total. The second-order valence-electron chi connectivity index (χ2n) is 6.68. The standard InChI is InChI=1S/C18H28N2O2/c1-18(2)13-15(14-9-6-7-10-16(14)22-18)20-17(21)11-5-3-4-8-12-19/h6-7,9-10,15H,3-5,8,11-13,19H2,1-2H3,(H,20,21). The first-order valence-electron chi connectivity index (χ1n) is 8.29. The minimum absolute atomic E-state index is 0.0384. The van der Waals surface area contributed by atoms with Crippen LogP contribution in [-0.2, 0) is 4.79 Å². The van der Waals surface area contributed by atoms with Crippen molar-refractivity contribution < 1.29 is 9.53 Å². The number of rotatable bonds is 7. The lowest BCUT2D eigenvalue weighted by molar-refractivity contribution is -0.122. The van der Waals surface area contributed by atoms with Crippen molar-refractivity contribution >= 4 is 5.91 Å². The monoisotopic (exact) mass is 304 g/mol. The third-order valence-electron chi connectivity index (χ3n) is 4.07. The fourth-order valence-corrected chi connectivity index (χ4v) is 2.98.